The number of nitrogens with one attached hydrogen (secondary N) is 3. The van der Waals surface area contributed by atoms with Gasteiger partial charge in [-0.15, -0.1) is 0 Å². The zero-order chi connectivity index (χ0) is 26.6. The average Bonchev–Trinajstić information content (AvgIpc) is 3.64. The highest BCUT2D eigenvalue weighted by molar-refractivity contribution is 5.85. The Morgan fingerprint density at radius 2 is 1.97 bits per heavy atom. The number of amides is 1. The Morgan fingerprint density at radius 1 is 1.08 bits per heavy atom. The fourth-order valence-corrected chi connectivity index (χ4v) is 5.70. The van der Waals surface area contributed by atoms with Crippen LogP contribution in [0.5, 0.6) is 0 Å². The molecule has 3 aromatic heterocycles. The molecule has 1 aliphatic heterocycles. The van der Waals surface area contributed by atoms with E-state index in [4.69, 9.17) is 4.42 Å². The third kappa shape index (κ3) is 5.83. The number of hydrogen-bond donors (Lipinski definition) is 3. The first-order valence-electron chi connectivity index (χ1n) is 13.6. The van der Waals surface area contributed by atoms with Crippen LogP contribution in [0, 0.1) is 0 Å². The standard InChI is InChI=1S/C28H34N8O3/c1-38-28(37)33-20-7-4-6-19(14-20)25-15-29-27(39-25)34-24-10-3-2-9-23(24)32-21-8-5-13-35(16-21)22-11-12-26-30-18-31-36(26)17-22/h4,6-7,11-12,14-15,17-18,21,23-24,32H,2-3,5,8-10,13,16H2,1H3,(H,29,34)(H,33,37)/t21-,23?,24+/m0/s1. The molecule has 1 saturated heterocycles. The summed E-state index contributed by atoms with van der Waals surface area (Å²) < 4.78 is 12.6. The van der Waals surface area contributed by atoms with Gasteiger partial charge in [-0.3, -0.25) is 5.32 Å². The van der Waals surface area contributed by atoms with Gasteiger partial charge in [-0.25, -0.2) is 19.3 Å². The molecule has 0 radical (unpaired) electrons. The van der Waals surface area contributed by atoms with E-state index in [0.29, 0.717) is 29.5 Å². The maximum atomic E-state index is 11.6. The quantitative estimate of drug-likeness (QED) is 0.316. The number of nitrogens with zero attached hydrogens (tertiary/aromatic N) is 5. The van der Waals surface area contributed by atoms with Gasteiger partial charge in [-0.1, -0.05) is 25.0 Å². The van der Waals surface area contributed by atoms with Crippen LogP contribution in [0.2, 0.25) is 0 Å². The smallest absolute Gasteiger partial charge is 0.411 e. The minimum atomic E-state index is -0.514. The van der Waals surface area contributed by atoms with E-state index in [0.717, 1.165) is 50.0 Å². The molecule has 0 bridgehead atoms. The Kier molecular flexibility index (Phi) is 7.31. The summed E-state index contributed by atoms with van der Waals surface area (Å²) in [5.41, 5.74) is 3.50. The van der Waals surface area contributed by atoms with Crippen molar-refractivity contribution in [3.63, 3.8) is 0 Å². The SMILES string of the molecule is COC(=O)Nc1cccc(-c2cnc(N[C@@H]3CCCCC3N[C@H]3CCCN(c4ccc5ncnn5c4)C3)o2)c1. The van der Waals surface area contributed by atoms with Crippen molar-refractivity contribution in [2.45, 2.75) is 56.7 Å². The van der Waals surface area contributed by atoms with Crippen molar-refractivity contribution in [2.24, 2.45) is 0 Å². The zero-order valence-electron chi connectivity index (χ0n) is 22.0. The van der Waals surface area contributed by atoms with Crippen molar-refractivity contribution < 1.29 is 13.9 Å². The molecule has 2 aliphatic rings. The van der Waals surface area contributed by atoms with E-state index in [2.05, 4.69) is 52.9 Å². The minimum Gasteiger partial charge on any atom is -0.453 e. The number of oxazole rings is 1. The number of methoxy groups -OCH3 is 1. The molecule has 4 heterocycles. The second-order valence-electron chi connectivity index (χ2n) is 10.3. The lowest BCUT2D eigenvalue weighted by Gasteiger charge is -2.40. The first kappa shape index (κ1) is 25.2. The molecule has 4 aromatic rings. The lowest BCUT2D eigenvalue weighted by Crippen LogP contribution is -2.54. The van der Waals surface area contributed by atoms with Crippen LogP contribution in [0.1, 0.15) is 38.5 Å². The Balaban J connectivity index is 1.09. The number of benzene rings is 1. The summed E-state index contributed by atoms with van der Waals surface area (Å²) in [6, 6.07) is 13.1. The van der Waals surface area contributed by atoms with Gasteiger partial charge in [0.25, 0.3) is 6.01 Å². The van der Waals surface area contributed by atoms with E-state index in [1.807, 2.05) is 28.8 Å². The van der Waals surface area contributed by atoms with E-state index in [1.165, 1.54) is 25.6 Å². The monoisotopic (exact) mass is 530 g/mol. The Bertz CT molecular complexity index is 1420. The largest absolute Gasteiger partial charge is 0.453 e. The number of fused-ring (bicyclic) bond motifs is 1. The van der Waals surface area contributed by atoms with Crippen LogP contribution in [0.25, 0.3) is 17.0 Å². The molecule has 0 spiro atoms. The van der Waals surface area contributed by atoms with Crippen molar-refractivity contribution >= 4 is 29.1 Å². The zero-order valence-corrected chi connectivity index (χ0v) is 22.0. The molecule has 204 valence electrons. The number of pyridine rings is 1. The second kappa shape index (κ2) is 11.3. The van der Waals surface area contributed by atoms with E-state index in [1.54, 1.807) is 18.6 Å². The predicted molar refractivity (Wildman–Crippen MR) is 149 cm³/mol. The number of ether oxygens (including phenoxy) is 1. The topological polar surface area (TPSA) is 122 Å². The number of rotatable bonds is 7. The average molecular weight is 531 g/mol. The molecule has 6 rings (SSSR count). The van der Waals surface area contributed by atoms with Crippen LogP contribution < -0.4 is 20.9 Å². The highest BCUT2D eigenvalue weighted by Crippen LogP contribution is 2.28. The number of anilines is 3. The number of piperidine rings is 1. The molecule has 1 aliphatic carbocycles. The fourth-order valence-electron chi connectivity index (χ4n) is 5.70. The maximum Gasteiger partial charge on any atom is 0.411 e. The number of aromatic nitrogens is 4. The second-order valence-corrected chi connectivity index (χ2v) is 10.3. The minimum absolute atomic E-state index is 0.236. The Hall–Kier alpha value is -4.12. The van der Waals surface area contributed by atoms with Crippen LogP contribution in [0.4, 0.5) is 22.2 Å². The van der Waals surface area contributed by atoms with Crippen molar-refractivity contribution in [1.29, 1.82) is 0 Å². The van der Waals surface area contributed by atoms with Gasteiger partial charge in [0, 0.05) is 42.5 Å². The van der Waals surface area contributed by atoms with Crippen molar-refractivity contribution in [2.75, 3.05) is 35.7 Å². The highest BCUT2D eigenvalue weighted by Gasteiger charge is 2.30. The molecule has 3 N–H and O–H groups in total. The number of hydrogen-bond acceptors (Lipinski definition) is 9. The molecule has 1 aromatic carbocycles. The molecule has 11 heteroatoms. The molecule has 1 amide bonds. The Labute approximate surface area is 227 Å². The normalized spacial score (nSPS) is 21.6. The molecule has 2 fully saturated rings. The Morgan fingerprint density at radius 3 is 2.87 bits per heavy atom. The maximum absolute atomic E-state index is 11.6. The van der Waals surface area contributed by atoms with Crippen LogP contribution in [0.15, 0.2) is 59.5 Å². The molecular formula is C28H34N8O3. The fraction of sp³-hybridized carbons (Fsp3) is 0.429. The molecule has 39 heavy (non-hydrogen) atoms. The summed E-state index contributed by atoms with van der Waals surface area (Å²) in [7, 11) is 1.34. The van der Waals surface area contributed by atoms with Gasteiger partial charge in [0.1, 0.15) is 6.33 Å². The van der Waals surface area contributed by atoms with E-state index in [-0.39, 0.29) is 6.04 Å². The number of carbonyl (C=O) groups is 1. The molecule has 3 atom stereocenters. The van der Waals surface area contributed by atoms with Crippen LogP contribution in [0.3, 0.4) is 0 Å². The van der Waals surface area contributed by atoms with Gasteiger partial charge in [0.15, 0.2) is 11.4 Å². The summed E-state index contributed by atoms with van der Waals surface area (Å²) in [5, 5.41) is 14.5. The first-order valence-corrected chi connectivity index (χ1v) is 13.6. The lowest BCUT2D eigenvalue weighted by molar-refractivity contribution is 0.187. The van der Waals surface area contributed by atoms with Gasteiger partial charge >= 0.3 is 6.09 Å². The molecule has 11 nitrogen and oxygen atoms in total. The highest BCUT2D eigenvalue weighted by atomic mass is 16.5. The van der Waals surface area contributed by atoms with Crippen molar-refractivity contribution in [1.82, 2.24) is 24.9 Å². The van der Waals surface area contributed by atoms with Gasteiger partial charge in [0.05, 0.1) is 25.2 Å². The summed E-state index contributed by atoms with van der Waals surface area (Å²) in [4.78, 5) is 22.8. The summed E-state index contributed by atoms with van der Waals surface area (Å²) in [6.45, 7) is 2.00. The molecule has 1 saturated carbocycles. The molecule has 1 unspecified atom stereocenters. The third-order valence-electron chi connectivity index (χ3n) is 7.65. The van der Waals surface area contributed by atoms with Crippen LogP contribution >= 0.6 is 0 Å². The third-order valence-corrected chi connectivity index (χ3v) is 7.65. The van der Waals surface area contributed by atoms with Gasteiger partial charge in [-0.2, -0.15) is 5.10 Å². The van der Waals surface area contributed by atoms with Gasteiger partial charge in [0.2, 0.25) is 0 Å². The summed E-state index contributed by atoms with van der Waals surface area (Å²) in [6.07, 6.45) is 11.7. The van der Waals surface area contributed by atoms with E-state index in [9.17, 15) is 4.79 Å². The first-order chi connectivity index (χ1) is 19.1. The van der Waals surface area contributed by atoms with E-state index >= 15 is 0 Å². The van der Waals surface area contributed by atoms with Gasteiger partial charge < -0.3 is 24.7 Å². The van der Waals surface area contributed by atoms with E-state index < -0.39 is 6.09 Å². The number of carbonyl (C=O) groups excluding carboxylic acids is 1. The molecular weight excluding hydrogens is 496 g/mol. The van der Waals surface area contributed by atoms with Crippen LogP contribution in [-0.4, -0.2) is 64.0 Å². The summed E-state index contributed by atoms with van der Waals surface area (Å²) >= 11 is 0. The van der Waals surface area contributed by atoms with Crippen LogP contribution in [-0.2, 0) is 4.74 Å². The summed E-state index contributed by atoms with van der Waals surface area (Å²) in [5.74, 6) is 0.638. The van der Waals surface area contributed by atoms with Crippen molar-refractivity contribution in [3.8, 4) is 11.3 Å². The lowest BCUT2D eigenvalue weighted by atomic mass is 9.89. The predicted octanol–water partition coefficient (Wildman–Crippen LogP) is 4.54. The van der Waals surface area contributed by atoms with Gasteiger partial charge in [-0.05, 0) is 49.9 Å². The van der Waals surface area contributed by atoms with Crippen molar-refractivity contribution in [3.05, 3.63) is 55.1 Å².